The molecule has 22 heavy (non-hydrogen) atoms. The highest BCUT2D eigenvalue weighted by Crippen LogP contribution is 2.32. The zero-order valence-electron chi connectivity index (χ0n) is 13.1. The fourth-order valence-electron chi connectivity index (χ4n) is 4.09. The molecule has 0 aromatic heterocycles. The normalized spacial score (nSPS) is 28.0. The Morgan fingerprint density at radius 1 is 1.23 bits per heavy atom. The van der Waals surface area contributed by atoms with Crippen molar-refractivity contribution >= 4 is 17.5 Å². The third kappa shape index (κ3) is 4.23. The van der Waals surface area contributed by atoms with Gasteiger partial charge in [0.2, 0.25) is 0 Å². The molecule has 0 spiro atoms. The van der Waals surface area contributed by atoms with E-state index in [1.807, 2.05) is 24.3 Å². The van der Waals surface area contributed by atoms with Crippen LogP contribution >= 0.6 is 11.6 Å². The van der Waals surface area contributed by atoms with Gasteiger partial charge in [0.05, 0.1) is 13.1 Å². The number of hydrogen-bond acceptors (Lipinski definition) is 1. The summed E-state index contributed by atoms with van der Waals surface area (Å²) in [5.41, 5.74) is 1.06. The van der Waals surface area contributed by atoms with Crippen molar-refractivity contribution < 1.29 is 9.69 Å². The number of benzene rings is 1. The van der Waals surface area contributed by atoms with E-state index >= 15 is 0 Å². The number of rotatable bonds is 4. The third-order valence-corrected chi connectivity index (χ3v) is 5.51. The van der Waals surface area contributed by atoms with E-state index in [-0.39, 0.29) is 5.91 Å². The average Bonchev–Trinajstić information content (AvgIpc) is 2.53. The van der Waals surface area contributed by atoms with Crippen molar-refractivity contribution in [2.45, 2.75) is 38.6 Å². The zero-order chi connectivity index (χ0) is 15.4. The maximum absolute atomic E-state index is 12.2. The van der Waals surface area contributed by atoms with Crippen LogP contribution in [-0.2, 0) is 11.3 Å². The molecule has 3 atom stereocenters. The smallest absolute Gasteiger partial charge is 0.275 e. The highest BCUT2D eigenvalue weighted by Gasteiger charge is 2.34. The lowest BCUT2D eigenvalue weighted by atomic mass is 9.75. The minimum atomic E-state index is 0.157. The summed E-state index contributed by atoms with van der Waals surface area (Å²) in [5.74, 6) is 1.95. The molecule has 1 unspecified atom stereocenters. The summed E-state index contributed by atoms with van der Waals surface area (Å²) in [6.07, 6.45) is 6.89. The molecule has 120 valence electrons. The summed E-state index contributed by atoms with van der Waals surface area (Å²) < 4.78 is 0. The number of carbonyl (C=O) groups excluding carboxylic acids is 1. The summed E-state index contributed by atoms with van der Waals surface area (Å²) in [6, 6.07) is 7.67. The topological polar surface area (TPSA) is 33.5 Å². The van der Waals surface area contributed by atoms with Gasteiger partial charge in [0.15, 0.2) is 6.54 Å². The second-order valence-electron chi connectivity index (χ2n) is 6.88. The number of nitrogens with one attached hydrogen (secondary N) is 2. The molecule has 1 heterocycles. The Hall–Kier alpha value is -1.06. The highest BCUT2D eigenvalue weighted by atomic mass is 35.5. The number of quaternary nitrogens is 1. The van der Waals surface area contributed by atoms with Crippen LogP contribution in [0.2, 0.25) is 5.02 Å². The van der Waals surface area contributed by atoms with Gasteiger partial charge in [0.25, 0.3) is 5.91 Å². The Morgan fingerprint density at radius 2 is 2.05 bits per heavy atom. The molecule has 1 amide bonds. The molecular formula is C18H26ClN2O+. The summed E-state index contributed by atoms with van der Waals surface area (Å²) in [4.78, 5) is 13.6. The van der Waals surface area contributed by atoms with Crippen molar-refractivity contribution in [1.82, 2.24) is 5.32 Å². The molecule has 1 aliphatic carbocycles. The minimum absolute atomic E-state index is 0.157. The molecule has 1 aromatic carbocycles. The van der Waals surface area contributed by atoms with Crippen LogP contribution in [0, 0.1) is 11.8 Å². The molecule has 1 aliphatic heterocycles. The van der Waals surface area contributed by atoms with E-state index in [4.69, 9.17) is 11.6 Å². The molecule has 1 aromatic rings. The van der Waals surface area contributed by atoms with E-state index in [9.17, 15) is 4.79 Å². The van der Waals surface area contributed by atoms with Crippen molar-refractivity contribution in [3.63, 3.8) is 0 Å². The first-order valence-corrected chi connectivity index (χ1v) is 8.93. The summed E-state index contributed by atoms with van der Waals surface area (Å²) in [7, 11) is 0. The Balaban J connectivity index is 1.44. The van der Waals surface area contributed by atoms with Gasteiger partial charge in [-0.2, -0.15) is 0 Å². The van der Waals surface area contributed by atoms with Crippen molar-refractivity contribution in [2.75, 3.05) is 19.6 Å². The van der Waals surface area contributed by atoms with Gasteiger partial charge in [-0.3, -0.25) is 4.79 Å². The van der Waals surface area contributed by atoms with Crippen molar-refractivity contribution in [1.29, 1.82) is 0 Å². The van der Waals surface area contributed by atoms with E-state index in [2.05, 4.69) is 5.32 Å². The van der Waals surface area contributed by atoms with Gasteiger partial charge in [-0.1, -0.05) is 36.6 Å². The van der Waals surface area contributed by atoms with Crippen LogP contribution in [0.5, 0.6) is 0 Å². The maximum Gasteiger partial charge on any atom is 0.275 e. The van der Waals surface area contributed by atoms with E-state index in [0.29, 0.717) is 13.1 Å². The third-order valence-electron chi connectivity index (χ3n) is 5.28. The van der Waals surface area contributed by atoms with Crippen LogP contribution in [-0.4, -0.2) is 25.5 Å². The zero-order valence-corrected chi connectivity index (χ0v) is 13.9. The van der Waals surface area contributed by atoms with Crippen molar-refractivity contribution in [2.24, 2.45) is 11.8 Å². The molecule has 0 bridgehead atoms. The van der Waals surface area contributed by atoms with Crippen LogP contribution in [0.3, 0.4) is 0 Å². The maximum atomic E-state index is 12.2. The molecule has 1 saturated carbocycles. The van der Waals surface area contributed by atoms with Gasteiger partial charge >= 0.3 is 0 Å². The molecule has 3 nitrogen and oxygen atoms in total. The van der Waals surface area contributed by atoms with Crippen LogP contribution in [0.15, 0.2) is 24.3 Å². The first-order chi connectivity index (χ1) is 10.7. The lowest BCUT2D eigenvalue weighted by molar-refractivity contribution is -0.902. The van der Waals surface area contributed by atoms with Crippen molar-refractivity contribution in [3.8, 4) is 0 Å². The number of carbonyl (C=O) groups is 1. The van der Waals surface area contributed by atoms with E-state index < -0.39 is 0 Å². The van der Waals surface area contributed by atoms with Gasteiger partial charge in [0, 0.05) is 17.5 Å². The number of likely N-dealkylation sites (tertiary alicyclic amines) is 1. The second-order valence-corrected chi connectivity index (χ2v) is 7.32. The molecule has 0 radical (unpaired) electrons. The van der Waals surface area contributed by atoms with Crippen LogP contribution in [0.4, 0.5) is 0 Å². The predicted molar refractivity (Wildman–Crippen MR) is 88.9 cm³/mol. The first-order valence-electron chi connectivity index (χ1n) is 8.55. The van der Waals surface area contributed by atoms with E-state index in [1.54, 1.807) is 0 Å². The Kier molecular flexibility index (Phi) is 5.37. The lowest BCUT2D eigenvalue weighted by Crippen LogP contribution is -3.15. The van der Waals surface area contributed by atoms with E-state index in [1.165, 1.54) is 43.5 Å². The van der Waals surface area contributed by atoms with Crippen molar-refractivity contribution in [3.05, 3.63) is 34.9 Å². The average molecular weight is 322 g/mol. The summed E-state index contributed by atoms with van der Waals surface area (Å²) in [5, 5.41) is 3.75. The molecule has 1 saturated heterocycles. The predicted octanol–water partition coefficient (Wildman–Crippen LogP) is 2.05. The Bertz CT molecular complexity index is 520. The van der Waals surface area contributed by atoms with Gasteiger partial charge in [0.1, 0.15) is 0 Å². The number of fused-ring (bicyclic) bond motifs is 1. The minimum Gasteiger partial charge on any atom is -0.347 e. The van der Waals surface area contributed by atoms with Gasteiger partial charge < -0.3 is 10.2 Å². The highest BCUT2D eigenvalue weighted by molar-refractivity contribution is 6.30. The molecule has 3 rings (SSSR count). The number of halogens is 1. The number of piperidine rings is 1. The molecule has 2 fully saturated rings. The van der Waals surface area contributed by atoms with Crippen LogP contribution < -0.4 is 10.2 Å². The monoisotopic (exact) mass is 321 g/mol. The Morgan fingerprint density at radius 3 is 2.86 bits per heavy atom. The van der Waals surface area contributed by atoms with Gasteiger partial charge in [-0.15, -0.1) is 0 Å². The molecule has 4 heteroatoms. The fraction of sp³-hybridized carbons (Fsp3) is 0.611. The van der Waals surface area contributed by atoms with Crippen LogP contribution in [0.1, 0.15) is 37.7 Å². The first kappa shape index (κ1) is 15.8. The summed E-state index contributed by atoms with van der Waals surface area (Å²) in [6.45, 7) is 3.53. The fourth-order valence-corrected chi connectivity index (χ4v) is 4.31. The molecule has 2 aliphatic rings. The van der Waals surface area contributed by atoms with Gasteiger partial charge in [-0.05, 0) is 42.9 Å². The van der Waals surface area contributed by atoms with Crippen LogP contribution in [0.25, 0.3) is 0 Å². The largest absolute Gasteiger partial charge is 0.347 e. The number of hydrogen-bond donors (Lipinski definition) is 2. The number of amides is 1. The van der Waals surface area contributed by atoms with Gasteiger partial charge in [-0.25, -0.2) is 0 Å². The summed E-state index contributed by atoms with van der Waals surface area (Å²) >= 11 is 5.96. The standard InChI is InChI=1S/C18H25ClN2O/c19-17-7-3-4-14(10-17)11-20-18(22)13-21-9-8-15-5-1-2-6-16(15)12-21/h3-4,7,10,15-16H,1-2,5-6,8-9,11-13H2,(H,20,22)/p+1/t15-,16+/m0/s1. The quantitative estimate of drug-likeness (QED) is 0.874. The second kappa shape index (κ2) is 7.47. The Labute approximate surface area is 138 Å². The lowest BCUT2D eigenvalue weighted by Gasteiger charge is -2.38. The SMILES string of the molecule is O=C(C[NH+]1CC[C@@H]2CCCC[C@@H]2C1)NCc1cccc(Cl)c1. The molecule has 2 N–H and O–H groups in total. The molecular weight excluding hydrogens is 296 g/mol. The van der Waals surface area contributed by atoms with E-state index in [0.717, 1.165) is 29.0 Å².